The summed E-state index contributed by atoms with van der Waals surface area (Å²) in [6.07, 6.45) is 2.50. The van der Waals surface area contributed by atoms with Crippen molar-refractivity contribution in [1.29, 1.82) is 0 Å². The molecular weight excluding hydrogens is 274 g/mol. The number of nitrogens with two attached hydrogens (primary N) is 1. The number of carbonyl (C=O) groups is 1. The highest BCUT2D eigenvalue weighted by atomic mass is 32.2. The van der Waals surface area contributed by atoms with Gasteiger partial charge in [-0.1, -0.05) is 0 Å². The zero-order chi connectivity index (χ0) is 13.9. The van der Waals surface area contributed by atoms with Crippen LogP contribution in [-0.4, -0.2) is 30.6 Å². The van der Waals surface area contributed by atoms with E-state index >= 15 is 0 Å². The number of hydrogen-bond donors (Lipinski definition) is 3. The lowest BCUT2D eigenvalue weighted by atomic mass is 10.0. The molecule has 0 unspecified atom stereocenters. The first-order valence-electron chi connectivity index (χ1n) is 6.90. The fourth-order valence-electron chi connectivity index (χ4n) is 2.50. The largest absolute Gasteiger partial charge is 0.482 e. The number of thioether (sulfide) groups is 1. The zero-order valence-corrected chi connectivity index (χ0v) is 12.1. The molecule has 2 aliphatic heterocycles. The molecule has 0 aliphatic carbocycles. The van der Waals surface area contributed by atoms with E-state index in [0.29, 0.717) is 23.0 Å². The van der Waals surface area contributed by atoms with Gasteiger partial charge in [0.1, 0.15) is 5.75 Å². The van der Waals surface area contributed by atoms with Crippen LogP contribution in [0.15, 0.2) is 12.1 Å². The number of ether oxygens (including phenoxy) is 1. The molecule has 4 N–H and O–H groups in total. The minimum atomic E-state index is -0.127. The lowest BCUT2D eigenvalue weighted by molar-refractivity contribution is -0.118. The summed E-state index contributed by atoms with van der Waals surface area (Å²) in [5.41, 5.74) is 8.25. The second-order valence-corrected chi connectivity index (χ2v) is 6.43. The molecule has 0 saturated carbocycles. The fourth-order valence-corrected chi connectivity index (χ4v) is 3.70. The smallest absolute Gasteiger partial charge is 0.262 e. The van der Waals surface area contributed by atoms with Gasteiger partial charge in [-0.2, -0.15) is 11.8 Å². The summed E-state index contributed by atoms with van der Waals surface area (Å²) >= 11 is 2.03. The van der Waals surface area contributed by atoms with E-state index in [0.717, 1.165) is 12.2 Å². The predicted molar refractivity (Wildman–Crippen MR) is 83.5 cm³/mol. The van der Waals surface area contributed by atoms with Gasteiger partial charge in [-0.15, -0.1) is 0 Å². The molecule has 1 aromatic carbocycles. The molecule has 5 nitrogen and oxygen atoms in total. The van der Waals surface area contributed by atoms with Crippen LogP contribution in [0.1, 0.15) is 12.8 Å². The average Bonchev–Trinajstić information content (AvgIpc) is 2.46. The topological polar surface area (TPSA) is 76.4 Å². The molecule has 0 atom stereocenters. The molecule has 1 amide bonds. The van der Waals surface area contributed by atoms with Crippen LogP contribution in [0.5, 0.6) is 5.75 Å². The number of hydrogen-bond acceptors (Lipinski definition) is 5. The third-order valence-electron chi connectivity index (χ3n) is 3.71. The van der Waals surface area contributed by atoms with Crippen molar-refractivity contribution in [1.82, 2.24) is 0 Å². The van der Waals surface area contributed by atoms with Crippen molar-refractivity contribution < 1.29 is 9.53 Å². The summed E-state index contributed by atoms with van der Waals surface area (Å²) in [4.78, 5) is 11.3. The minimum Gasteiger partial charge on any atom is -0.482 e. The van der Waals surface area contributed by atoms with Crippen molar-refractivity contribution in [2.75, 3.05) is 41.0 Å². The van der Waals surface area contributed by atoms with Crippen LogP contribution in [0.25, 0.3) is 0 Å². The molecule has 0 radical (unpaired) electrons. The van der Waals surface area contributed by atoms with Gasteiger partial charge in [-0.25, -0.2) is 0 Å². The summed E-state index contributed by atoms with van der Waals surface area (Å²) in [6, 6.07) is 3.63. The van der Waals surface area contributed by atoms with E-state index in [9.17, 15) is 4.79 Å². The lowest BCUT2D eigenvalue weighted by Crippen LogP contribution is -2.26. The van der Waals surface area contributed by atoms with Crippen LogP contribution >= 0.6 is 11.8 Å². The highest BCUT2D eigenvalue weighted by Gasteiger charge is 2.19. The molecule has 0 aromatic heterocycles. The van der Waals surface area contributed by atoms with Gasteiger partial charge in [-0.05, 0) is 36.3 Å². The first-order chi connectivity index (χ1) is 9.72. The van der Waals surface area contributed by atoms with Gasteiger partial charge >= 0.3 is 0 Å². The maximum atomic E-state index is 11.3. The van der Waals surface area contributed by atoms with Crippen LogP contribution in [-0.2, 0) is 4.79 Å². The Morgan fingerprint density at radius 3 is 3.00 bits per heavy atom. The SMILES string of the molecule is Nc1cc2c(cc1NCC1CCSCC1)NC(=O)CO2. The zero-order valence-electron chi connectivity index (χ0n) is 11.3. The molecule has 6 heteroatoms. The van der Waals surface area contributed by atoms with Crippen molar-refractivity contribution in [2.24, 2.45) is 5.92 Å². The number of benzene rings is 1. The van der Waals surface area contributed by atoms with E-state index < -0.39 is 0 Å². The Morgan fingerprint density at radius 2 is 2.20 bits per heavy atom. The van der Waals surface area contributed by atoms with Crippen molar-refractivity contribution in [2.45, 2.75) is 12.8 Å². The Labute approximate surface area is 122 Å². The van der Waals surface area contributed by atoms with Crippen molar-refractivity contribution in [3.63, 3.8) is 0 Å². The molecule has 108 valence electrons. The van der Waals surface area contributed by atoms with E-state index in [1.807, 2.05) is 17.8 Å². The maximum Gasteiger partial charge on any atom is 0.262 e. The summed E-state index contributed by atoms with van der Waals surface area (Å²) in [6.45, 7) is 0.983. The standard InChI is InChI=1S/C14H19N3O2S/c15-10-5-13-12(17-14(18)8-19-13)6-11(10)16-7-9-1-3-20-4-2-9/h5-6,9,16H,1-4,7-8,15H2,(H,17,18). The Kier molecular flexibility index (Phi) is 3.91. The fraction of sp³-hybridized carbons (Fsp3) is 0.500. The maximum absolute atomic E-state index is 11.3. The molecule has 3 rings (SSSR count). The van der Waals surface area contributed by atoms with Gasteiger partial charge in [0, 0.05) is 12.6 Å². The molecule has 20 heavy (non-hydrogen) atoms. The third kappa shape index (κ3) is 2.95. The highest BCUT2D eigenvalue weighted by molar-refractivity contribution is 7.99. The third-order valence-corrected chi connectivity index (χ3v) is 4.76. The van der Waals surface area contributed by atoms with E-state index in [1.54, 1.807) is 6.07 Å². The normalized spacial score (nSPS) is 18.9. The average molecular weight is 293 g/mol. The molecule has 1 fully saturated rings. The number of carbonyl (C=O) groups excluding carboxylic acids is 1. The van der Waals surface area contributed by atoms with Gasteiger partial charge in [0.2, 0.25) is 0 Å². The lowest BCUT2D eigenvalue weighted by Gasteiger charge is -2.24. The quantitative estimate of drug-likeness (QED) is 0.745. The summed E-state index contributed by atoms with van der Waals surface area (Å²) in [5, 5.41) is 6.21. The number of nitrogens with one attached hydrogen (secondary N) is 2. The monoisotopic (exact) mass is 293 g/mol. The Bertz CT molecular complexity index is 515. The van der Waals surface area contributed by atoms with Crippen LogP contribution < -0.4 is 21.1 Å². The van der Waals surface area contributed by atoms with Gasteiger partial charge < -0.3 is 21.1 Å². The second-order valence-electron chi connectivity index (χ2n) is 5.21. The Morgan fingerprint density at radius 1 is 1.40 bits per heavy atom. The highest BCUT2D eigenvalue weighted by Crippen LogP contribution is 2.35. The molecule has 1 saturated heterocycles. The van der Waals surface area contributed by atoms with E-state index in [-0.39, 0.29) is 12.5 Å². The van der Waals surface area contributed by atoms with Gasteiger partial charge in [0.05, 0.1) is 17.1 Å². The van der Waals surface area contributed by atoms with Gasteiger partial charge in [0.25, 0.3) is 5.91 Å². The number of amides is 1. The molecule has 0 spiro atoms. The predicted octanol–water partition coefficient (Wildman–Crippen LogP) is 2.15. The minimum absolute atomic E-state index is 0.0545. The summed E-state index contributed by atoms with van der Waals surface area (Å²) < 4.78 is 5.34. The summed E-state index contributed by atoms with van der Waals surface area (Å²) in [5.74, 6) is 3.71. The van der Waals surface area contributed by atoms with Gasteiger partial charge in [0.15, 0.2) is 6.61 Å². The van der Waals surface area contributed by atoms with E-state index in [2.05, 4.69) is 10.6 Å². The Balaban J connectivity index is 1.69. The number of fused-ring (bicyclic) bond motifs is 1. The van der Waals surface area contributed by atoms with E-state index in [4.69, 9.17) is 10.5 Å². The van der Waals surface area contributed by atoms with Crippen molar-refractivity contribution in [3.05, 3.63) is 12.1 Å². The van der Waals surface area contributed by atoms with Crippen molar-refractivity contribution in [3.8, 4) is 5.75 Å². The van der Waals surface area contributed by atoms with Gasteiger partial charge in [-0.3, -0.25) is 4.79 Å². The molecule has 0 bridgehead atoms. The first kappa shape index (κ1) is 13.4. The summed E-state index contributed by atoms with van der Waals surface area (Å²) in [7, 11) is 0. The Hall–Kier alpha value is -1.56. The van der Waals surface area contributed by atoms with Crippen LogP contribution in [0.3, 0.4) is 0 Å². The molecule has 2 heterocycles. The van der Waals surface area contributed by atoms with Crippen LogP contribution in [0, 0.1) is 5.92 Å². The number of rotatable bonds is 3. The van der Waals surface area contributed by atoms with Crippen molar-refractivity contribution >= 4 is 34.7 Å². The van der Waals surface area contributed by atoms with Crippen LogP contribution in [0.2, 0.25) is 0 Å². The molecular formula is C14H19N3O2S. The van der Waals surface area contributed by atoms with Crippen LogP contribution in [0.4, 0.5) is 17.1 Å². The first-order valence-corrected chi connectivity index (χ1v) is 8.05. The number of anilines is 3. The second kappa shape index (κ2) is 5.83. The number of nitrogen functional groups attached to an aromatic ring is 1. The molecule has 2 aliphatic rings. The molecule has 1 aromatic rings. The van der Waals surface area contributed by atoms with E-state index in [1.165, 1.54) is 24.3 Å².